The van der Waals surface area contributed by atoms with Gasteiger partial charge < -0.3 is 5.32 Å². The van der Waals surface area contributed by atoms with Crippen LogP contribution in [0.5, 0.6) is 0 Å². The summed E-state index contributed by atoms with van der Waals surface area (Å²) >= 11 is 3.07. The molecule has 1 aromatic carbocycles. The van der Waals surface area contributed by atoms with Crippen LogP contribution in [0.15, 0.2) is 34.8 Å². The van der Waals surface area contributed by atoms with E-state index < -0.39 is 0 Å². The summed E-state index contributed by atoms with van der Waals surface area (Å²) in [6.45, 7) is 6.82. The number of unbranched alkanes of at least 4 members (excludes halogenated alkanes) is 1. The zero-order valence-corrected chi connectivity index (χ0v) is 17.4. The third-order valence-electron chi connectivity index (χ3n) is 4.08. The van der Waals surface area contributed by atoms with Crippen molar-refractivity contribution < 1.29 is 4.79 Å². The Kier molecular flexibility index (Phi) is 6.63. The zero-order chi connectivity index (χ0) is 19.2. The van der Waals surface area contributed by atoms with E-state index in [2.05, 4.69) is 51.0 Å². The van der Waals surface area contributed by atoms with Crippen molar-refractivity contribution in [2.24, 2.45) is 0 Å². The molecular formula is C19H23N5OS2. The molecule has 0 saturated carbocycles. The van der Waals surface area contributed by atoms with Crippen LogP contribution in [-0.4, -0.2) is 32.2 Å². The molecule has 1 amide bonds. The smallest absolute Gasteiger partial charge is 0.270 e. The van der Waals surface area contributed by atoms with Gasteiger partial charge in [0.1, 0.15) is 16.5 Å². The summed E-state index contributed by atoms with van der Waals surface area (Å²) in [4.78, 5) is 16.5. The number of carbonyl (C=O) groups is 1. The molecule has 0 unspecified atom stereocenters. The highest BCUT2D eigenvalue weighted by molar-refractivity contribution is 7.98. The minimum absolute atomic E-state index is 0.102. The summed E-state index contributed by atoms with van der Waals surface area (Å²) in [6, 6.07) is 8.18. The summed E-state index contributed by atoms with van der Waals surface area (Å²) in [5.74, 6) is 1.40. The van der Waals surface area contributed by atoms with Crippen LogP contribution >= 0.6 is 23.1 Å². The lowest BCUT2D eigenvalue weighted by molar-refractivity contribution is 0.0948. The van der Waals surface area contributed by atoms with Gasteiger partial charge in [-0.2, -0.15) is 0 Å². The first kappa shape index (κ1) is 19.6. The summed E-state index contributed by atoms with van der Waals surface area (Å²) in [6.07, 6.45) is 2.03. The lowest BCUT2D eigenvalue weighted by Crippen LogP contribution is -2.24. The predicted octanol–water partition coefficient (Wildman–Crippen LogP) is 4.16. The maximum Gasteiger partial charge on any atom is 0.270 e. The molecule has 0 saturated heterocycles. The molecule has 27 heavy (non-hydrogen) atoms. The normalized spacial score (nSPS) is 10.9. The standard InChI is InChI=1S/C19H23N5OS2/c1-4-5-10-20-18(25)15-11-26-17(21-15)12-27-19-23-22-14(3)24(19)16-9-7-6-8-13(16)2/h6-9,11H,4-5,10,12H2,1-3H3,(H,20,25). The van der Waals surface area contributed by atoms with Crippen molar-refractivity contribution in [2.45, 2.75) is 44.5 Å². The Morgan fingerprint density at radius 3 is 2.85 bits per heavy atom. The number of nitrogens with one attached hydrogen (secondary N) is 1. The summed E-state index contributed by atoms with van der Waals surface area (Å²) in [7, 11) is 0. The predicted molar refractivity (Wildman–Crippen MR) is 110 cm³/mol. The molecule has 2 heterocycles. The van der Waals surface area contributed by atoms with Crippen LogP contribution in [0.2, 0.25) is 0 Å². The van der Waals surface area contributed by atoms with E-state index in [0.29, 0.717) is 18.0 Å². The number of benzene rings is 1. The lowest BCUT2D eigenvalue weighted by Gasteiger charge is -2.10. The highest BCUT2D eigenvalue weighted by Gasteiger charge is 2.15. The second kappa shape index (κ2) is 9.14. The summed E-state index contributed by atoms with van der Waals surface area (Å²) < 4.78 is 2.06. The van der Waals surface area contributed by atoms with Gasteiger partial charge in [-0.25, -0.2) is 4.98 Å². The van der Waals surface area contributed by atoms with Crippen molar-refractivity contribution >= 4 is 29.0 Å². The largest absolute Gasteiger partial charge is 0.351 e. The van der Waals surface area contributed by atoms with E-state index >= 15 is 0 Å². The van der Waals surface area contributed by atoms with Gasteiger partial charge in [0.25, 0.3) is 5.91 Å². The van der Waals surface area contributed by atoms with Gasteiger partial charge in [0.2, 0.25) is 0 Å². The Labute approximate surface area is 167 Å². The Morgan fingerprint density at radius 2 is 2.07 bits per heavy atom. The number of amides is 1. The first-order valence-corrected chi connectivity index (χ1v) is 10.8. The Bertz CT molecular complexity index is 918. The summed E-state index contributed by atoms with van der Waals surface area (Å²) in [5, 5.41) is 15.0. The molecule has 0 radical (unpaired) electrons. The van der Waals surface area contributed by atoms with E-state index in [9.17, 15) is 4.79 Å². The topological polar surface area (TPSA) is 72.7 Å². The second-order valence-corrected chi connectivity index (χ2v) is 8.06. The molecule has 3 rings (SSSR count). The van der Waals surface area contributed by atoms with Crippen LogP contribution in [0.4, 0.5) is 0 Å². The molecule has 0 aliphatic heterocycles. The number of thiazole rings is 1. The van der Waals surface area contributed by atoms with E-state index in [4.69, 9.17) is 0 Å². The molecule has 0 spiro atoms. The minimum atomic E-state index is -0.102. The second-order valence-electron chi connectivity index (χ2n) is 6.18. The monoisotopic (exact) mass is 401 g/mol. The van der Waals surface area contributed by atoms with Crippen LogP contribution in [-0.2, 0) is 5.75 Å². The quantitative estimate of drug-likeness (QED) is 0.453. The van der Waals surface area contributed by atoms with Crippen LogP contribution in [0.1, 0.15) is 46.6 Å². The molecule has 8 heteroatoms. The molecule has 3 aromatic rings. The number of carbonyl (C=O) groups excluding carboxylic acids is 1. The molecule has 0 aliphatic rings. The maximum absolute atomic E-state index is 12.1. The number of para-hydroxylation sites is 1. The Balaban J connectivity index is 1.68. The van der Waals surface area contributed by atoms with Crippen molar-refractivity contribution in [1.82, 2.24) is 25.1 Å². The van der Waals surface area contributed by atoms with Crippen molar-refractivity contribution in [3.63, 3.8) is 0 Å². The van der Waals surface area contributed by atoms with Crippen LogP contribution in [0.25, 0.3) is 5.69 Å². The fourth-order valence-electron chi connectivity index (χ4n) is 2.61. The molecule has 0 bridgehead atoms. The van der Waals surface area contributed by atoms with E-state index in [1.807, 2.05) is 24.4 Å². The number of aryl methyl sites for hydroxylation is 2. The zero-order valence-electron chi connectivity index (χ0n) is 15.7. The van der Waals surface area contributed by atoms with Crippen LogP contribution < -0.4 is 5.32 Å². The van der Waals surface area contributed by atoms with E-state index in [-0.39, 0.29) is 5.91 Å². The van der Waals surface area contributed by atoms with Gasteiger partial charge in [0.15, 0.2) is 5.16 Å². The van der Waals surface area contributed by atoms with Gasteiger partial charge in [0.05, 0.1) is 11.4 Å². The first-order chi connectivity index (χ1) is 13.1. The highest BCUT2D eigenvalue weighted by Crippen LogP contribution is 2.27. The van der Waals surface area contributed by atoms with Crippen LogP contribution in [0, 0.1) is 13.8 Å². The van der Waals surface area contributed by atoms with Gasteiger partial charge in [-0.15, -0.1) is 21.5 Å². The van der Waals surface area contributed by atoms with Crippen molar-refractivity contribution in [3.8, 4) is 5.69 Å². The first-order valence-electron chi connectivity index (χ1n) is 8.93. The van der Waals surface area contributed by atoms with E-state index in [0.717, 1.165) is 34.5 Å². The molecule has 2 aromatic heterocycles. The fraction of sp³-hybridized carbons (Fsp3) is 0.368. The van der Waals surface area contributed by atoms with Crippen molar-refractivity contribution in [3.05, 3.63) is 51.7 Å². The molecular weight excluding hydrogens is 378 g/mol. The van der Waals surface area contributed by atoms with Gasteiger partial charge in [-0.1, -0.05) is 43.3 Å². The SMILES string of the molecule is CCCCNC(=O)c1csc(CSc2nnc(C)n2-c2ccccc2C)n1. The van der Waals surface area contributed by atoms with Gasteiger partial charge in [0, 0.05) is 11.9 Å². The lowest BCUT2D eigenvalue weighted by atomic mass is 10.2. The molecule has 6 nitrogen and oxygen atoms in total. The van der Waals surface area contributed by atoms with Crippen molar-refractivity contribution in [2.75, 3.05) is 6.54 Å². The fourth-order valence-corrected chi connectivity index (χ4v) is 4.39. The molecule has 0 atom stereocenters. The average Bonchev–Trinajstić information content (AvgIpc) is 3.27. The number of hydrogen-bond donors (Lipinski definition) is 1. The van der Waals surface area contributed by atoms with Crippen LogP contribution in [0.3, 0.4) is 0 Å². The number of hydrogen-bond acceptors (Lipinski definition) is 6. The number of nitrogens with zero attached hydrogens (tertiary/aromatic N) is 4. The highest BCUT2D eigenvalue weighted by atomic mass is 32.2. The molecule has 142 valence electrons. The molecule has 1 N–H and O–H groups in total. The van der Waals surface area contributed by atoms with E-state index in [1.165, 1.54) is 16.9 Å². The maximum atomic E-state index is 12.1. The average molecular weight is 402 g/mol. The minimum Gasteiger partial charge on any atom is -0.351 e. The number of thioether (sulfide) groups is 1. The third kappa shape index (κ3) is 4.75. The molecule has 0 fully saturated rings. The number of rotatable bonds is 8. The van der Waals surface area contributed by atoms with Gasteiger partial charge in [-0.05, 0) is 31.9 Å². The Morgan fingerprint density at radius 1 is 1.26 bits per heavy atom. The number of aromatic nitrogens is 4. The Hall–Kier alpha value is -2.19. The van der Waals surface area contributed by atoms with Gasteiger partial charge in [-0.3, -0.25) is 9.36 Å². The van der Waals surface area contributed by atoms with Gasteiger partial charge >= 0.3 is 0 Å². The van der Waals surface area contributed by atoms with E-state index in [1.54, 1.807) is 11.8 Å². The summed E-state index contributed by atoms with van der Waals surface area (Å²) in [5.41, 5.74) is 2.74. The molecule has 0 aliphatic carbocycles. The van der Waals surface area contributed by atoms with Crippen molar-refractivity contribution in [1.29, 1.82) is 0 Å². The third-order valence-corrected chi connectivity index (χ3v) is 6.05.